The van der Waals surface area contributed by atoms with Crippen molar-refractivity contribution >= 4 is 17.2 Å². The maximum atomic E-state index is 11.8. The van der Waals surface area contributed by atoms with E-state index < -0.39 is 17.2 Å². The molecule has 1 atom stereocenters. The first kappa shape index (κ1) is 22.5. The predicted molar refractivity (Wildman–Crippen MR) is 115 cm³/mol. The van der Waals surface area contributed by atoms with Gasteiger partial charge in [-0.1, -0.05) is 24.3 Å². The van der Waals surface area contributed by atoms with Crippen molar-refractivity contribution < 1.29 is 18.3 Å². The van der Waals surface area contributed by atoms with Crippen molar-refractivity contribution in [3.63, 3.8) is 0 Å². The fourth-order valence-electron chi connectivity index (χ4n) is 3.41. The van der Waals surface area contributed by atoms with Crippen LogP contribution in [0.15, 0.2) is 42.6 Å². The molecule has 9 heteroatoms. The van der Waals surface area contributed by atoms with Gasteiger partial charge in [-0.25, -0.2) is 9.00 Å². The number of benzene rings is 1. The number of piperazine rings is 1. The molecule has 0 spiro atoms. The Hall–Kier alpha value is -2.17. The molecule has 0 bridgehead atoms. The Morgan fingerprint density at radius 1 is 1.27 bits per heavy atom. The number of carbonyl (C=O) groups excluding carboxylic acids is 1. The summed E-state index contributed by atoms with van der Waals surface area (Å²) in [4.78, 5) is 18.1. The zero-order chi connectivity index (χ0) is 21.3. The third-order valence-corrected chi connectivity index (χ3v) is 5.82. The number of rotatable bonds is 9. The van der Waals surface area contributed by atoms with Crippen molar-refractivity contribution in [3.8, 4) is 0 Å². The van der Waals surface area contributed by atoms with Crippen LogP contribution in [0.5, 0.6) is 0 Å². The average molecular weight is 433 g/mol. The summed E-state index contributed by atoms with van der Waals surface area (Å²) < 4.78 is 27.6. The van der Waals surface area contributed by atoms with Crippen LogP contribution in [-0.2, 0) is 35.5 Å². The first-order valence-electron chi connectivity index (χ1n) is 9.95. The minimum Gasteiger partial charge on any atom is -0.465 e. The number of carbonyl (C=O) groups is 1. The molecular formula is C21H28N4O4S. The van der Waals surface area contributed by atoms with E-state index in [0.717, 1.165) is 38.3 Å². The summed E-state index contributed by atoms with van der Waals surface area (Å²) in [5.74, 6) is -0.461. The maximum Gasteiger partial charge on any atom is 0.339 e. The van der Waals surface area contributed by atoms with Crippen LogP contribution in [0.1, 0.15) is 27.2 Å². The van der Waals surface area contributed by atoms with E-state index in [1.807, 2.05) is 12.1 Å². The van der Waals surface area contributed by atoms with Gasteiger partial charge in [-0.05, 0) is 29.7 Å². The number of esters is 1. The van der Waals surface area contributed by atoms with Gasteiger partial charge in [0.1, 0.15) is 0 Å². The fourth-order valence-corrected chi connectivity index (χ4v) is 3.90. The lowest BCUT2D eigenvalue weighted by Crippen LogP contribution is -2.42. The molecular weight excluding hydrogens is 404 g/mol. The second-order valence-corrected chi connectivity index (χ2v) is 8.20. The number of nitrogens with one attached hydrogen (secondary N) is 1. The molecule has 8 nitrogen and oxygen atoms in total. The van der Waals surface area contributed by atoms with Crippen molar-refractivity contribution in [2.75, 3.05) is 39.8 Å². The molecule has 162 valence electrons. The third kappa shape index (κ3) is 6.68. The van der Waals surface area contributed by atoms with Crippen LogP contribution in [0.4, 0.5) is 0 Å². The number of pyridine rings is 1. The van der Waals surface area contributed by atoms with Crippen LogP contribution in [-0.4, -0.2) is 68.8 Å². The van der Waals surface area contributed by atoms with Crippen molar-refractivity contribution in [2.24, 2.45) is 0 Å². The largest absolute Gasteiger partial charge is 0.465 e. The highest BCUT2D eigenvalue weighted by Gasteiger charge is 2.15. The number of hydrogen-bond acceptors (Lipinski definition) is 6. The lowest BCUT2D eigenvalue weighted by Gasteiger charge is -2.27. The molecule has 2 heterocycles. The van der Waals surface area contributed by atoms with E-state index in [1.165, 1.54) is 23.2 Å². The van der Waals surface area contributed by atoms with Crippen LogP contribution in [0.25, 0.3) is 0 Å². The molecule has 3 rings (SSSR count). The quantitative estimate of drug-likeness (QED) is 0.457. The summed E-state index contributed by atoms with van der Waals surface area (Å²) in [6.45, 7) is 5.68. The van der Waals surface area contributed by atoms with E-state index in [4.69, 9.17) is 0 Å². The lowest BCUT2D eigenvalue weighted by atomic mass is 10.1. The molecule has 0 aliphatic carbocycles. The van der Waals surface area contributed by atoms with E-state index in [2.05, 4.69) is 32.1 Å². The maximum absolute atomic E-state index is 11.8. The molecule has 1 aromatic heterocycles. The number of nitrogens with zero attached hydrogens (tertiary/aromatic N) is 3. The van der Waals surface area contributed by atoms with E-state index in [0.29, 0.717) is 24.2 Å². The van der Waals surface area contributed by atoms with Crippen molar-refractivity contribution in [3.05, 3.63) is 65.0 Å². The summed E-state index contributed by atoms with van der Waals surface area (Å²) in [5, 5.41) is 3.36. The van der Waals surface area contributed by atoms with Gasteiger partial charge in [0.05, 0.1) is 24.9 Å². The Labute approximate surface area is 179 Å². The highest BCUT2D eigenvalue weighted by Crippen LogP contribution is 2.12. The first-order valence-corrected chi connectivity index (χ1v) is 11.0. The Morgan fingerprint density at radius 2 is 2.03 bits per heavy atom. The summed E-state index contributed by atoms with van der Waals surface area (Å²) in [7, 11) is 1.31. The van der Waals surface area contributed by atoms with E-state index in [-0.39, 0.29) is 6.54 Å². The summed E-state index contributed by atoms with van der Waals surface area (Å²) >= 11 is -2.12. The van der Waals surface area contributed by atoms with Gasteiger partial charge < -0.3 is 10.1 Å². The topological polar surface area (TPSA) is 95.0 Å². The van der Waals surface area contributed by atoms with Crippen LogP contribution in [0, 0.1) is 0 Å². The third-order valence-electron chi connectivity index (χ3n) is 5.06. The molecule has 2 aromatic rings. The Bertz CT molecular complexity index is 856. The number of hydrogen-bond donors (Lipinski definition) is 2. The van der Waals surface area contributed by atoms with Gasteiger partial charge in [-0.3, -0.25) is 14.4 Å². The van der Waals surface area contributed by atoms with E-state index in [1.54, 1.807) is 12.1 Å². The van der Waals surface area contributed by atoms with Crippen LogP contribution >= 0.6 is 0 Å². The summed E-state index contributed by atoms with van der Waals surface area (Å²) in [5.41, 5.74) is 3.34. The second-order valence-electron chi connectivity index (χ2n) is 7.22. The van der Waals surface area contributed by atoms with Gasteiger partial charge in [0.15, 0.2) is 0 Å². The smallest absolute Gasteiger partial charge is 0.339 e. The Morgan fingerprint density at radius 3 is 2.70 bits per heavy atom. The van der Waals surface area contributed by atoms with Gasteiger partial charge in [-0.2, -0.15) is 4.31 Å². The van der Waals surface area contributed by atoms with Crippen LogP contribution in [0.3, 0.4) is 0 Å². The second kappa shape index (κ2) is 11.3. The van der Waals surface area contributed by atoms with Crippen LogP contribution in [0.2, 0.25) is 0 Å². The lowest BCUT2D eigenvalue weighted by molar-refractivity contribution is 0.0600. The van der Waals surface area contributed by atoms with Crippen molar-refractivity contribution in [1.82, 2.24) is 19.5 Å². The van der Waals surface area contributed by atoms with E-state index in [9.17, 15) is 13.6 Å². The van der Waals surface area contributed by atoms with Gasteiger partial charge in [-0.15, -0.1) is 0 Å². The van der Waals surface area contributed by atoms with Crippen LogP contribution < -0.4 is 5.32 Å². The molecule has 1 saturated heterocycles. The highest BCUT2D eigenvalue weighted by molar-refractivity contribution is 7.76. The first-order chi connectivity index (χ1) is 14.5. The monoisotopic (exact) mass is 432 g/mol. The normalized spacial score (nSPS) is 15.8. The van der Waals surface area contributed by atoms with Gasteiger partial charge in [0.2, 0.25) is 11.3 Å². The molecule has 0 saturated carbocycles. The van der Waals surface area contributed by atoms with Crippen molar-refractivity contribution in [2.45, 2.75) is 19.5 Å². The standard InChI is InChI=1S/C21H28N4O4S/c1-29-21(26)19-5-6-20(23-14-19)16-25(30(27)28)10-7-17-3-2-4-18(13-17)15-24-11-8-22-9-12-24/h2-6,13-14,22H,7-12,15-16H2,1H3,(H,27,28). The molecule has 1 aromatic carbocycles. The molecule has 30 heavy (non-hydrogen) atoms. The minimum atomic E-state index is -2.12. The molecule has 0 amide bonds. The molecule has 2 N–H and O–H groups in total. The Balaban J connectivity index is 1.57. The predicted octanol–water partition coefficient (Wildman–Crippen LogP) is 1.45. The Kier molecular flexibility index (Phi) is 8.47. The van der Waals surface area contributed by atoms with Gasteiger partial charge >= 0.3 is 5.97 Å². The highest BCUT2D eigenvalue weighted by atomic mass is 32.2. The van der Waals surface area contributed by atoms with Gasteiger partial charge in [0.25, 0.3) is 0 Å². The number of aromatic nitrogens is 1. The molecule has 1 aliphatic heterocycles. The molecule has 1 unspecified atom stereocenters. The number of ether oxygens (including phenoxy) is 1. The SMILES string of the molecule is COC(=O)c1ccc(CN(CCc2cccc(CN3CCNCC3)c2)S(=O)O)nc1. The minimum absolute atomic E-state index is 0.213. The van der Waals surface area contributed by atoms with Crippen molar-refractivity contribution in [1.29, 1.82) is 0 Å². The summed E-state index contributed by atoms with van der Waals surface area (Å²) in [6, 6.07) is 11.7. The zero-order valence-corrected chi connectivity index (χ0v) is 17.9. The van der Waals surface area contributed by atoms with E-state index >= 15 is 0 Å². The van der Waals surface area contributed by atoms with Gasteiger partial charge in [0, 0.05) is 45.5 Å². The summed E-state index contributed by atoms with van der Waals surface area (Å²) in [6.07, 6.45) is 2.07. The average Bonchev–Trinajstić information content (AvgIpc) is 2.77. The molecule has 1 aliphatic rings. The molecule has 0 radical (unpaired) electrons. The number of methoxy groups -OCH3 is 1. The molecule has 1 fully saturated rings. The fraction of sp³-hybridized carbons (Fsp3) is 0.429. The zero-order valence-electron chi connectivity index (χ0n) is 17.1.